The van der Waals surface area contributed by atoms with Gasteiger partial charge in [-0.05, 0) is 37.8 Å². The van der Waals surface area contributed by atoms with Gasteiger partial charge in [-0.3, -0.25) is 9.89 Å². The van der Waals surface area contributed by atoms with Crippen molar-refractivity contribution in [1.82, 2.24) is 15.5 Å². The highest BCUT2D eigenvalue weighted by molar-refractivity contribution is 6.34. The van der Waals surface area contributed by atoms with E-state index in [4.69, 9.17) is 11.6 Å². The van der Waals surface area contributed by atoms with Crippen LogP contribution in [0.4, 0.5) is 0 Å². The number of carbonyl (C=O) groups excluding carboxylic acids is 1. The first-order chi connectivity index (χ1) is 13.5. The molecule has 1 aliphatic carbocycles. The second kappa shape index (κ2) is 7.53. The van der Waals surface area contributed by atoms with Crippen molar-refractivity contribution >= 4 is 23.4 Å². The van der Waals surface area contributed by atoms with E-state index in [0.29, 0.717) is 29.1 Å². The number of nitrogens with zero attached hydrogens (tertiary/aromatic N) is 1. The lowest BCUT2D eigenvalue weighted by Gasteiger charge is -2.27. The third-order valence-corrected chi connectivity index (χ3v) is 6.02. The SMILES string of the molecule is Cc1cccc(Cl)c1C(=O)C1CCCc2[nH]nc(C3CC(C(=O)O)=CCN3)c21. The molecule has 0 bridgehead atoms. The molecule has 2 heterocycles. The minimum absolute atomic E-state index is 0.0107. The molecule has 2 aromatic rings. The van der Waals surface area contributed by atoms with Crippen molar-refractivity contribution in [2.75, 3.05) is 6.54 Å². The quantitative estimate of drug-likeness (QED) is 0.681. The molecule has 146 valence electrons. The number of halogens is 1. The number of aryl methyl sites for hydroxylation is 2. The van der Waals surface area contributed by atoms with Crippen LogP contribution in [0.15, 0.2) is 29.8 Å². The van der Waals surface area contributed by atoms with Crippen LogP contribution < -0.4 is 5.32 Å². The standard InChI is InChI=1S/C21H22ClN3O3/c1-11-4-2-6-14(22)17(11)20(26)13-5-3-7-15-18(13)19(25-24-15)16-10-12(21(27)28)8-9-23-16/h2,4,6,8,13,16,23H,3,5,7,9-10H2,1H3,(H,24,25)(H,27,28). The highest BCUT2D eigenvalue weighted by Gasteiger charge is 2.36. The molecular weight excluding hydrogens is 378 g/mol. The van der Waals surface area contributed by atoms with Crippen LogP contribution in [0.3, 0.4) is 0 Å². The Morgan fingerprint density at radius 1 is 1.32 bits per heavy atom. The van der Waals surface area contributed by atoms with Crippen molar-refractivity contribution in [2.24, 2.45) is 0 Å². The first-order valence-corrected chi connectivity index (χ1v) is 9.87. The molecule has 0 radical (unpaired) electrons. The molecule has 2 atom stereocenters. The van der Waals surface area contributed by atoms with Gasteiger partial charge >= 0.3 is 5.97 Å². The van der Waals surface area contributed by atoms with Crippen LogP contribution in [0.2, 0.25) is 5.02 Å². The number of aliphatic carboxylic acids is 1. The zero-order valence-corrected chi connectivity index (χ0v) is 16.3. The molecular formula is C21H22ClN3O3. The Bertz CT molecular complexity index is 959. The minimum Gasteiger partial charge on any atom is -0.478 e. The fourth-order valence-electron chi connectivity index (χ4n) is 4.32. The van der Waals surface area contributed by atoms with E-state index in [0.717, 1.165) is 41.8 Å². The number of nitrogens with one attached hydrogen (secondary N) is 2. The smallest absolute Gasteiger partial charge is 0.331 e. The van der Waals surface area contributed by atoms with Gasteiger partial charge in [-0.2, -0.15) is 5.10 Å². The van der Waals surface area contributed by atoms with Crippen LogP contribution in [-0.2, 0) is 11.2 Å². The maximum Gasteiger partial charge on any atom is 0.331 e. The highest BCUT2D eigenvalue weighted by atomic mass is 35.5. The average molecular weight is 400 g/mol. The summed E-state index contributed by atoms with van der Waals surface area (Å²) >= 11 is 6.36. The van der Waals surface area contributed by atoms with Crippen LogP contribution in [-0.4, -0.2) is 33.6 Å². The summed E-state index contributed by atoms with van der Waals surface area (Å²) in [5.74, 6) is -1.22. The molecule has 7 heteroatoms. The van der Waals surface area contributed by atoms with E-state index in [1.165, 1.54) is 0 Å². The van der Waals surface area contributed by atoms with Gasteiger partial charge in [0, 0.05) is 35.4 Å². The van der Waals surface area contributed by atoms with Gasteiger partial charge < -0.3 is 10.4 Å². The molecule has 28 heavy (non-hydrogen) atoms. The number of carboxylic acids is 1. The molecule has 6 nitrogen and oxygen atoms in total. The molecule has 1 aliphatic heterocycles. The van der Waals surface area contributed by atoms with Crippen LogP contribution in [0.5, 0.6) is 0 Å². The Balaban J connectivity index is 1.72. The van der Waals surface area contributed by atoms with Crippen molar-refractivity contribution in [3.63, 3.8) is 0 Å². The number of Topliss-reactive ketones (excluding diaryl/α,β-unsaturated/α-hetero) is 1. The fourth-order valence-corrected chi connectivity index (χ4v) is 4.64. The number of hydrogen-bond donors (Lipinski definition) is 3. The number of aromatic amines is 1. The van der Waals surface area contributed by atoms with E-state index in [2.05, 4.69) is 15.5 Å². The number of rotatable bonds is 4. The first kappa shape index (κ1) is 18.9. The fraction of sp³-hybridized carbons (Fsp3) is 0.381. The maximum atomic E-state index is 13.5. The van der Waals surface area contributed by atoms with E-state index < -0.39 is 5.97 Å². The summed E-state index contributed by atoms with van der Waals surface area (Å²) < 4.78 is 0. The molecule has 0 spiro atoms. The summed E-state index contributed by atoms with van der Waals surface area (Å²) in [6.45, 7) is 2.36. The Labute approximate surface area is 168 Å². The monoisotopic (exact) mass is 399 g/mol. The van der Waals surface area contributed by atoms with Crippen molar-refractivity contribution in [2.45, 2.75) is 44.6 Å². The van der Waals surface area contributed by atoms with Crippen LogP contribution >= 0.6 is 11.6 Å². The van der Waals surface area contributed by atoms with Crippen molar-refractivity contribution in [3.05, 3.63) is 62.9 Å². The summed E-state index contributed by atoms with van der Waals surface area (Å²) in [4.78, 5) is 24.9. The molecule has 0 fully saturated rings. The second-order valence-corrected chi connectivity index (χ2v) is 7.85. The predicted octanol–water partition coefficient (Wildman–Crippen LogP) is 3.72. The molecule has 0 saturated carbocycles. The number of carboxylic acid groups (broad SMARTS) is 1. The molecule has 1 aromatic heterocycles. The van der Waals surface area contributed by atoms with Crippen LogP contribution in [0.25, 0.3) is 0 Å². The van der Waals surface area contributed by atoms with Gasteiger partial charge in [0.15, 0.2) is 5.78 Å². The number of H-pyrrole nitrogens is 1. The first-order valence-electron chi connectivity index (χ1n) is 9.49. The zero-order chi connectivity index (χ0) is 19.8. The number of fused-ring (bicyclic) bond motifs is 1. The molecule has 4 rings (SSSR count). The molecule has 1 aromatic carbocycles. The lowest BCUT2D eigenvalue weighted by Crippen LogP contribution is -2.30. The van der Waals surface area contributed by atoms with Gasteiger partial charge in [0.05, 0.1) is 22.7 Å². The Kier molecular flexibility index (Phi) is 5.08. The third-order valence-electron chi connectivity index (χ3n) is 5.71. The van der Waals surface area contributed by atoms with Crippen LogP contribution in [0, 0.1) is 6.92 Å². The van der Waals surface area contributed by atoms with E-state index in [-0.39, 0.29) is 17.7 Å². The maximum absolute atomic E-state index is 13.5. The van der Waals surface area contributed by atoms with Gasteiger partial charge in [-0.15, -0.1) is 0 Å². The second-order valence-electron chi connectivity index (χ2n) is 7.44. The van der Waals surface area contributed by atoms with Gasteiger partial charge in [0.25, 0.3) is 0 Å². The number of ketones is 1. The van der Waals surface area contributed by atoms with Crippen molar-refractivity contribution in [3.8, 4) is 0 Å². The molecule has 3 N–H and O–H groups in total. The van der Waals surface area contributed by atoms with Gasteiger partial charge in [0.1, 0.15) is 0 Å². The normalized spacial score (nSPS) is 21.7. The Hall–Kier alpha value is -2.44. The van der Waals surface area contributed by atoms with Crippen LogP contribution in [0.1, 0.15) is 64.1 Å². The Morgan fingerprint density at radius 3 is 2.89 bits per heavy atom. The van der Waals surface area contributed by atoms with Gasteiger partial charge in [-0.25, -0.2) is 4.79 Å². The summed E-state index contributed by atoms with van der Waals surface area (Å²) in [6.07, 6.45) is 4.50. The van der Waals surface area contributed by atoms with E-state index in [9.17, 15) is 14.7 Å². The van der Waals surface area contributed by atoms with E-state index >= 15 is 0 Å². The minimum atomic E-state index is -0.907. The highest BCUT2D eigenvalue weighted by Crippen LogP contribution is 2.40. The lowest BCUT2D eigenvalue weighted by atomic mass is 9.78. The largest absolute Gasteiger partial charge is 0.478 e. The van der Waals surface area contributed by atoms with Gasteiger partial charge in [0.2, 0.25) is 0 Å². The number of benzene rings is 1. The Morgan fingerprint density at radius 2 is 2.14 bits per heavy atom. The summed E-state index contributed by atoms with van der Waals surface area (Å²) in [5, 5.41) is 20.7. The summed E-state index contributed by atoms with van der Waals surface area (Å²) in [7, 11) is 0. The number of carbonyl (C=O) groups is 2. The number of hydrogen-bond acceptors (Lipinski definition) is 4. The third kappa shape index (κ3) is 3.27. The number of aromatic nitrogens is 2. The molecule has 2 unspecified atom stereocenters. The molecule has 2 aliphatic rings. The lowest BCUT2D eigenvalue weighted by molar-refractivity contribution is -0.133. The van der Waals surface area contributed by atoms with Crippen molar-refractivity contribution in [1.29, 1.82) is 0 Å². The topological polar surface area (TPSA) is 95.1 Å². The van der Waals surface area contributed by atoms with E-state index in [1.807, 2.05) is 19.1 Å². The van der Waals surface area contributed by atoms with E-state index in [1.54, 1.807) is 12.1 Å². The summed E-state index contributed by atoms with van der Waals surface area (Å²) in [5.41, 5.74) is 4.45. The molecule has 0 saturated heterocycles. The molecule has 0 amide bonds. The predicted molar refractivity (Wildman–Crippen MR) is 106 cm³/mol. The summed E-state index contributed by atoms with van der Waals surface area (Å²) in [6, 6.07) is 5.26. The zero-order valence-electron chi connectivity index (χ0n) is 15.6. The van der Waals surface area contributed by atoms with Gasteiger partial charge in [-0.1, -0.05) is 29.8 Å². The average Bonchev–Trinajstić information content (AvgIpc) is 3.12. The van der Waals surface area contributed by atoms with Crippen molar-refractivity contribution < 1.29 is 14.7 Å².